The molecule has 2 rings (SSSR count). The van der Waals surface area contributed by atoms with Gasteiger partial charge in [0, 0.05) is 0 Å². The van der Waals surface area contributed by atoms with E-state index in [9.17, 15) is 0 Å². The van der Waals surface area contributed by atoms with Gasteiger partial charge in [-0.3, -0.25) is 0 Å². The summed E-state index contributed by atoms with van der Waals surface area (Å²) in [6.07, 6.45) is 12.5. The van der Waals surface area contributed by atoms with Crippen LogP contribution in [0.2, 0.25) is 0 Å². The summed E-state index contributed by atoms with van der Waals surface area (Å²) in [4.78, 5) is 0. The van der Waals surface area contributed by atoms with Gasteiger partial charge in [0.15, 0.2) is 0 Å². The molecule has 136 valence electrons. The molecule has 0 aromatic heterocycles. The van der Waals surface area contributed by atoms with E-state index in [2.05, 4.69) is 54.2 Å². The minimum absolute atomic E-state index is 0.774. The number of hydrogen-bond acceptors (Lipinski definition) is 0. The van der Waals surface area contributed by atoms with Crippen molar-refractivity contribution >= 4 is 0 Å². The highest BCUT2D eigenvalue weighted by molar-refractivity contribution is 5.37. The minimum Gasteiger partial charge on any atom is -0.0958 e. The summed E-state index contributed by atoms with van der Waals surface area (Å²) in [5.41, 5.74) is 5.71. The van der Waals surface area contributed by atoms with E-state index in [0.29, 0.717) is 0 Å². The van der Waals surface area contributed by atoms with Crippen LogP contribution in [0, 0.1) is 29.6 Å². The van der Waals surface area contributed by atoms with Gasteiger partial charge in [0.05, 0.1) is 0 Å². The molecule has 2 fully saturated rings. The van der Waals surface area contributed by atoms with E-state index in [1.165, 1.54) is 61.7 Å². The minimum atomic E-state index is 0.774. The van der Waals surface area contributed by atoms with Gasteiger partial charge in [0.1, 0.15) is 0 Å². The summed E-state index contributed by atoms with van der Waals surface area (Å²) in [7, 11) is 0. The van der Waals surface area contributed by atoms with Gasteiger partial charge in [0.2, 0.25) is 0 Å². The Kier molecular flexibility index (Phi) is 6.96. The zero-order valence-electron chi connectivity index (χ0n) is 17.1. The van der Waals surface area contributed by atoms with Crippen molar-refractivity contribution in [2.75, 3.05) is 0 Å². The molecule has 2 aliphatic carbocycles. The standard InChI is InChI=1S/C24H40/c1-8-10-19-11-12-22-20(9-2)23(14-13-21(19)22)24(17(5)6)15-18(7)16(3)4/h15,19-23H,3,8-14H2,1-2,4-7H3/b18-15-. The monoisotopic (exact) mass is 328 g/mol. The predicted molar refractivity (Wildman–Crippen MR) is 108 cm³/mol. The van der Waals surface area contributed by atoms with Crippen LogP contribution in [-0.4, -0.2) is 0 Å². The molecule has 0 heteroatoms. The number of hydrogen-bond donors (Lipinski definition) is 0. The van der Waals surface area contributed by atoms with Crippen molar-refractivity contribution in [1.29, 1.82) is 0 Å². The van der Waals surface area contributed by atoms with E-state index < -0.39 is 0 Å². The van der Waals surface area contributed by atoms with Crippen LogP contribution in [0.15, 0.2) is 34.9 Å². The van der Waals surface area contributed by atoms with E-state index >= 15 is 0 Å². The van der Waals surface area contributed by atoms with Gasteiger partial charge in [-0.05, 0) is 94.1 Å². The van der Waals surface area contributed by atoms with Crippen LogP contribution in [-0.2, 0) is 0 Å². The first kappa shape index (κ1) is 19.5. The van der Waals surface area contributed by atoms with Crippen molar-refractivity contribution in [3.05, 3.63) is 34.9 Å². The zero-order chi connectivity index (χ0) is 17.9. The summed E-state index contributed by atoms with van der Waals surface area (Å²) in [5, 5.41) is 0. The van der Waals surface area contributed by atoms with Gasteiger partial charge < -0.3 is 0 Å². The van der Waals surface area contributed by atoms with Crippen molar-refractivity contribution in [2.45, 2.75) is 86.5 Å². The summed E-state index contributed by atoms with van der Waals surface area (Å²) in [6, 6.07) is 0. The lowest BCUT2D eigenvalue weighted by Crippen LogP contribution is -2.34. The predicted octanol–water partition coefficient (Wildman–Crippen LogP) is 7.72. The third kappa shape index (κ3) is 4.06. The lowest BCUT2D eigenvalue weighted by molar-refractivity contribution is 0.106. The van der Waals surface area contributed by atoms with E-state index in [-0.39, 0.29) is 0 Å². The first-order valence-corrected chi connectivity index (χ1v) is 10.4. The molecule has 0 aliphatic heterocycles. The molecule has 2 saturated carbocycles. The molecule has 0 bridgehead atoms. The fraction of sp³-hybridized carbons (Fsp3) is 0.750. The van der Waals surface area contributed by atoms with Crippen LogP contribution in [0.1, 0.15) is 86.5 Å². The van der Waals surface area contributed by atoms with Crippen molar-refractivity contribution in [3.8, 4) is 0 Å². The van der Waals surface area contributed by atoms with Gasteiger partial charge in [-0.25, -0.2) is 0 Å². The maximum absolute atomic E-state index is 4.14. The van der Waals surface area contributed by atoms with Gasteiger partial charge >= 0.3 is 0 Å². The molecule has 0 amide bonds. The third-order valence-corrected chi connectivity index (χ3v) is 7.06. The van der Waals surface area contributed by atoms with Gasteiger partial charge in [-0.1, -0.05) is 56.9 Å². The summed E-state index contributed by atoms with van der Waals surface area (Å²) >= 11 is 0. The molecular weight excluding hydrogens is 288 g/mol. The topological polar surface area (TPSA) is 0 Å². The maximum Gasteiger partial charge on any atom is -0.0131 e. The van der Waals surface area contributed by atoms with E-state index in [4.69, 9.17) is 0 Å². The molecule has 0 spiro atoms. The summed E-state index contributed by atoms with van der Waals surface area (Å²) < 4.78 is 0. The first-order valence-electron chi connectivity index (χ1n) is 10.4. The molecule has 0 radical (unpaired) electrons. The molecule has 0 aromatic carbocycles. The second-order valence-corrected chi connectivity index (χ2v) is 8.77. The quantitative estimate of drug-likeness (QED) is 0.438. The van der Waals surface area contributed by atoms with Crippen LogP contribution < -0.4 is 0 Å². The lowest BCUT2D eigenvalue weighted by Gasteiger charge is -2.43. The first-order chi connectivity index (χ1) is 11.4. The van der Waals surface area contributed by atoms with Crippen molar-refractivity contribution in [3.63, 3.8) is 0 Å². The molecular formula is C24H40. The highest BCUT2D eigenvalue weighted by atomic mass is 14.5. The Balaban J connectivity index is 2.26. The normalized spacial score (nSPS) is 33.2. The fourth-order valence-electron chi connectivity index (χ4n) is 5.73. The molecule has 24 heavy (non-hydrogen) atoms. The Hall–Kier alpha value is -0.780. The Bertz CT molecular complexity index is 500. The molecule has 0 saturated heterocycles. The van der Waals surface area contributed by atoms with Crippen LogP contribution in [0.3, 0.4) is 0 Å². The van der Waals surface area contributed by atoms with Crippen LogP contribution in [0.5, 0.6) is 0 Å². The largest absolute Gasteiger partial charge is 0.0958 e. The maximum atomic E-state index is 4.14. The Morgan fingerprint density at radius 1 is 0.958 bits per heavy atom. The number of allylic oxidation sites excluding steroid dienone is 5. The van der Waals surface area contributed by atoms with E-state index in [1.807, 2.05) is 0 Å². The van der Waals surface area contributed by atoms with Gasteiger partial charge in [0.25, 0.3) is 0 Å². The molecule has 0 heterocycles. The van der Waals surface area contributed by atoms with Gasteiger partial charge in [-0.2, -0.15) is 0 Å². The van der Waals surface area contributed by atoms with E-state index in [0.717, 1.165) is 29.6 Å². The highest BCUT2D eigenvalue weighted by Crippen LogP contribution is 2.54. The molecule has 5 atom stereocenters. The number of fused-ring (bicyclic) bond motifs is 1. The smallest absolute Gasteiger partial charge is 0.0131 e. The zero-order valence-corrected chi connectivity index (χ0v) is 17.1. The highest BCUT2D eigenvalue weighted by Gasteiger charge is 2.45. The SMILES string of the molecule is C=C(C)/C(C)=C\C(=C(C)C)C1CCC2C(CCC)CCC2C1CC. The Morgan fingerprint density at radius 3 is 2.17 bits per heavy atom. The van der Waals surface area contributed by atoms with Crippen molar-refractivity contribution in [1.82, 2.24) is 0 Å². The molecule has 0 nitrogen and oxygen atoms in total. The average Bonchev–Trinajstić information content (AvgIpc) is 2.94. The second kappa shape index (κ2) is 8.54. The number of rotatable bonds is 6. The lowest BCUT2D eigenvalue weighted by atomic mass is 9.62. The summed E-state index contributed by atoms with van der Waals surface area (Å²) in [6.45, 7) is 17.9. The second-order valence-electron chi connectivity index (χ2n) is 8.77. The molecule has 0 aromatic rings. The Labute approximate surface area is 151 Å². The third-order valence-electron chi connectivity index (χ3n) is 7.06. The Morgan fingerprint density at radius 2 is 1.62 bits per heavy atom. The molecule has 0 N–H and O–H groups in total. The van der Waals surface area contributed by atoms with Crippen LogP contribution in [0.25, 0.3) is 0 Å². The van der Waals surface area contributed by atoms with Crippen molar-refractivity contribution in [2.24, 2.45) is 29.6 Å². The van der Waals surface area contributed by atoms with Gasteiger partial charge in [-0.15, -0.1) is 0 Å². The van der Waals surface area contributed by atoms with Crippen LogP contribution in [0.4, 0.5) is 0 Å². The van der Waals surface area contributed by atoms with Crippen LogP contribution >= 0.6 is 0 Å². The van der Waals surface area contributed by atoms with E-state index in [1.54, 1.807) is 5.57 Å². The fourth-order valence-corrected chi connectivity index (χ4v) is 5.73. The van der Waals surface area contributed by atoms with Crippen molar-refractivity contribution < 1.29 is 0 Å². The molecule has 2 aliphatic rings. The summed E-state index contributed by atoms with van der Waals surface area (Å²) in [5.74, 6) is 4.70. The molecule has 5 unspecified atom stereocenters. The average molecular weight is 329 g/mol.